The fourth-order valence-electron chi connectivity index (χ4n) is 1.62. The normalized spacial score (nSPS) is 12.6. The van der Waals surface area contributed by atoms with Crippen molar-refractivity contribution >= 4 is 15.9 Å². The summed E-state index contributed by atoms with van der Waals surface area (Å²) in [5.41, 5.74) is 0.930. The molecule has 1 aromatic rings. The molecule has 0 saturated carbocycles. The number of aliphatic hydroxyl groups excluding tert-OH is 1. The van der Waals surface area contributed by atoms with Crippen molar-refractivity contribution in [3.05, 3.63) is 34.3 Å². The second-order valence-corrected chi connectivity index (χ2v) is 5.16. The summed E-state index contributed by atoms with van der Waals surface area (Å²) in [4.78, 5) is 0. The van der Waals surface area contributed by atoms with Crippen LogP contribution in [0.3, 0.4) is 0 Å². The number of hydrogen-bond donors (Lipinski definition) is 2. The van der Waals surface area contributed by atoms with E-state index in [1.165, 1.54) is 0 Å². The van der Waals surface area contributed by atoms with Gasteiger partial charge in [0.1, 0.15) is 0 Å². The van der Waals surface area contributed by atoms with Gasteiger partial charge in [0.05, 0.1) is 6.10 Å². The van der Waals surface area contributed by atoms with Gasteiger partial charge in [-0.3, -0.25) is 0 Å². The first-order valence-electron chi connectivity index (χ1n) is 6.46. The minimum Gasteiger partial charge on any atom is -0.387 e. The van der Waals surface area contributed by atoms with Crippen LogP contribution in [0.4, 0.5) is 0 Å². The number of aliphatic hydroxyl groups is 1. The molecule has 1 rings (SSSR count). The molecule has 2 N–H and O–H groups in total. The van der Waals surface area contributed by atoms with Gasteiger partial charge in [-0.15, -0.1) is 0 Å². The van der Waals surface area contributed by atoms with Crippen molar-refractivity contribution in [2.75, 3.05) is 26.3 Å². The van der Waals surface area contributed by atoms with E-state index in [9.17, 15) is 5.11 Å². The highest BCUT2D eigenvalue weighted by Gasteiger charge is 2.06. The van der Waals surface area contributed by atoms with Crippen molar-refractivity contribution in [1.82, 2.24) is 5.32 Å². The standard InChI is InChI=1S/C14H22BrNO2/c1-2-8-18-9-4-7-16-11-14(17)12-5-3-6-13(15)10-12/h3,5-6,10,14,16-17H,2,4,7-9,11H2,1H3. The van der Waals surface area contributed by atoms with Crippen LogP contribution in [0.2, 0.25) is 0 Å². The van der Waals surface area contributed by atoms with Gasteiger partial charge in [-0.05, 0) is 37.1 Å². The summed E-state index contributed by atoms with van der Waals surface area (Å²) in [6, 6.07) is 7.76. The lowest BCUT2D eigenvalue weighted by atomic mass is 10.1. The maximum absolute atomic E-state index is 9.97. The third-order valence-corrected chi connectivity index (χ3v) is 3.06. The van der Waals surface area contributed by atoms with Crippen LogP contribution < -0.4 is 5.32 Å². The number of rotatable bonds is 9. The van der Waals surface area contributed by atoms with Crippen molar-refractivity contribution in [2.45, 2.75) is 25.9 Å². The van der Waals surface area contributed by atoms with Gasteiger partial charge in [0.2, 0.25) is 0 Å². The molecule has 18 heavy (non-hydrogen) atoms. The topological polar surface area (TPSA) is 41.5 Å². The van der Waals surface area contributed by atoms with Gasteiger partial charge in [0.25, 0.3) is 0 Å². The molecule has 1 aromatic carbocycles. The Labute approximate surface area is 118 Å². The highest BCUT2D eigenvalue weighted by molar-refractivity contribution is 9.10. The van der Waals surface area contributed by atoms with Gasteiger partial charge in [0.15, 0.2) is 0 Å². The van der Waals surface area contributed by atoms with Crippen molar-refractivity contribution < 1.29 is 9.84 Å². The molecule has 0 saturated heterocycles. The van der Waals surface area contributed by atoms with E-state index in [0.717, 1.165) is 42.6 Å². The zero-order valence-electron chi connectivity index (χ0n) is 10.9. The second-order valence-electron chi connectivity index (χ2n) is 4.24. The molecule has 0 heterocycles. The monoisotopic (exact) mass is 315 g/mol. The first-order chi connectivity index (χ1) is 8.74. The Bertz CT molecular complexity index is 333. The van der Waals surface area contributed by atoms with Gasteiger partial charge >= 0.3 is 0 Å². The average Bonchev–Trinajstić information content (AvgIpc) is 2.37. The number of benzene rings is 1. The second kappa shape index (κ2) is 9.50. The van der Waals surface area contributed by atoms with Crippen LogP contribution in [0.15, 0.2) is 28.7 Å². The van der Waals surface area contributed by atoms with Crippen molar-refractivity contribution in [3.63, 3.8) is 0 Å². The molecule has 0 aliphatic heterocycles. The van der Waals surface area contributed by atoms with Crippen molar-refractivity contribution in [3.8, 4) is 0 Å². The Morgan fingerprint density at radius 3 is 2.94 bits per heavy atom. The van der Waals surface area contributed by atoms with Crippen LogP contribution in [0.5, 0.6) is 0 Å². The molecule has 1 atom stereocenters. The lowest BCUT2D eigenvalue weighted by molar-refractivity contribution is 0.129. The Kier molecular flexibility index (Phi) is 8.25. The Morgan fingerprint density at radius 1 is 1.39 bits per heavy atom. The predicted octanol–water partition coefficient (Wildman–Crippen LogP) is 2.89. The largest absolute Gasteiger partial charge is 0.387 e. The summed E-state index contributed by atoms with van der Waals surface area (Å²) in [5.74, 6) is 0. The minimum absolute atomic E-state index is 0.459. The minimum atomic E-state index is -0.459. The lowest BCUT2D eigenvalue weighted by Crippen LogP contribution is -2.23. The summed E-state index contributed by atoms with van der Waals surface area (Å²) in [7, 11) is 0. The molecule has 1 unspecified atom stereocenters. The molecule has 0 aliphatic rings. The zero-order valence-corrected chi connectivity index (χ0v) is 12.4. The number of ether oxygens (including phenoxy) is 1. The molecule has 102 valence electrons. The van der Waals surface area contributed by atoms with Crippen molar-refractivity contribution in [1.29, 1.82) is 0 Å². The summed E-state index contributed by atoms with van der Waals surface area (Å²) in [6.45, 7) is 5.17. The number of hydrogen-bond acceptors (Lipinski definition) is 3. The van der Waals surface area contributed by atoms with Gasteiger partial charge in [-0.25, -0.2) is 0 Å². The van der Waals surface area contributed by atoms with E-state index in [-0.39, 0.29) is 0 Å². The van der Waals surface area contributed by atoms with E-state index in [2.05, 4.69) is 28.2 Å². The van der Waals surface area contributed by atoms with E-state index in [1.807, 2.05) is 24.3 Å². The fourth-order valence-corrected chi connectivity index (χ4v) is 2.03. The van der Waals surface area contributed by atoms with Gasteiger partial charge in [-0.1, -0.05) is 35.0 Å². The zero-order chi connectivity index (χ0) is 13.2. The molecular formula is C14H22BrNO2. The fraction of sp³-hybridized carbons (Fsp3) is 0.571. The summed E-state index contributed by atoms with van der Waals surface area (Å²) >= 11 is 3.40. The first-order valence-corrected chi connectivity index (χ1v) is 7.25. The molecule has 0 spiro atoms. The molecule has 3 nitrogen and oxygen atoms in total. The van der Waals surface area contributed by atoms with E-state index in [0.29, 0.717) is 6.54 Å². The van der Waals surface area contributed by atoms with Crippen LogP contribution in [0.1, 0.15) is 31.4 Å². The quantitative estimate of drug-likeness (QED) is 0.688. The molecule has 0 radical (unpaired) electrons. The smallest absolute Gasteiger partial charge is 0.0914 e. The van der Waals surface area contributed by atoms with E-state index in [4.69, 9.17) is 4.74 Å². The van der Waals surface area contributed by atoms with E-state index < -0.39 is 6.10 Å². The molecule has 0 fully saturated rings. The Morgan fingerprint density at radius 2 is 2.22 bits per heavy atom. The molecule has 0 aliphatic carbocycles. The Balaban J connectivity index is 2.12. The summed E-state index contributed by atoms with van der Waals surface area (Å²) in [5, 5.41) is 13.2. The maximum Gasteiger partial charge on any atom is 0.0914 e. The van der Waals surface area contributed by atoms with Gasteiger partial charge < -0.3 is 15.2 Å². The number of halogens is 1. The summed E-state index contributed by atoms with van der Waals surface area (Å²) in [6.07, 6.45) is 1.58. The SMILES string of the molecule is CCCOCCCNCC(O)c1cccc(Br)c1. The highest BCUT2D eigenvalue weighted by atomic mass is 79.9. The molecule has 4 heteroatoms. The van der Waals surface area contributed by atoms with Crippen LogP contribution in [-0.4, -0.2) is 31.4 Å². The van der Waals surface area contributed by atoms with Gasteiger partial charge in [-0.2, -0.15) is 0 Å². The third-order valence-electron chi connectivity index (χ3n) is 2.56. The number of nitrogens with one attached hydrogen (secondary N) is 1. The summed E-state index contributed by atoms with van der Waals surface area (Å²) < 4.78 is 6.37. The van der Waals surface area contributed by atoms with E-state index in [1.54, 1.807) is 0 Å². The molecule has 0 amide bonds. The molecule has 0 aromatic heterocycles. The molecule has 0 bridgehead atoms. The maximum atomic E-state index is 9.97. The van der Waals surface area contributed by atoms with Crippen LogP contribution >= 0.6 is 15.9 Å². The van der Waals surface area contributed by atoms with Gasteiger partial charge in [0, 0.05) is 24.2 Å². The van der Waals surface area contributed by atoms with Crippen LogP contribution in [0.25, 0.3) is 0 Å². The van der Waals surface area contributed by atoms with Crippen LogP contribution in [0, 0.1) is 0 Å². The lowest BCUT2D eigenvalue weighted by Gasteiger charge is -2.12. The van der Waals surface area contributed by atoms with E-state index >= 15 is 0 Å². The first kappa shape index (κ1) is 15.6. The average molecular weight is 316 g/mol. The highest BCUT2D eigenvalue weighted by Crippen LogP contribution is 2.17. The predicted molar refractivity (Wildman–Crippen MR) is 77.7 cm³/mol. The third kappa shape index (κ3) is 6.50. The molecular weight excluding hydrogens is 294 g/mol. The Hall–Kier alpha value is -0.420. The van der Waals surface area contributed by atoms with Crippen molar-refractivity contribution in [2.24, 2.45) is 0 Å². The van der Waals surface area contributed by atoms with Crippen LogP contribution in [-0.2, 0) is 4.74 Å².